The van der Waals surface area contributed by atoms with Crippen molar-refractivity contribution in [3.05, 3.63) is 29.8 Å². The van der Waals surface area contributed by atoms with E-state index >= 15 is 0 Å². The van der Waals surface area contributed by atoms with Gasteiger partial charge in [0.15, 0.2) is 6.61 Å². The van der Waals surface area contributed by atoms with Crippen LogP contribution in [0.1, 0.15) is 10.4 Å². The van der Waals surface area contributed by atoms with Crippen molar-refractivity contribution in [1.29, 1.82) is 0 Å². The van der Waals surface area contributed by atoms with Gasteiger partial charge in [0.25, 0.3) is 5.91 Å². The first-order chi connectivity index (χ1) is 8.52. The van der Waals surface area contributed by atoms with Crippen molar-refractivity contribution < 1.29 is 23.9 Å². The molecule has 0 radical (unpaired) electrons. The third kappa shape index (κ3) is 4.12. The minimum Gasteiger partial charge on any atom is -0.497 e. The number of benzene rings is 1. The Hall–Kier alpha value is -2.57. The van der Waals surface area contributed by atoms with Crippen molar-refractivity contribution in [1.82, 2.24) is 5.32 Å². The summed E-state index contributed by atoms with van der Waals surface area (Å²) in [5.41, 5.74) is 4.98. The number of hydrogen-bond acceptors (Lipinski definition) is 5. The summed E-state index contributed by atoms with van der Waals surface area (Å²) in [6, 6.07) is 5.15. The van der Waals surface area contributed by atoms with Crippen LogP contribution in [0, 0.1) is 0 Å². The smallest absolute Gasteiger partial charge is 0.338 e. The average molecular weight is 252 g/mol. The average Bonchev–Trinajstić information content (AvgIpc) is 2.35. The third-order valence-electron chi connectivity index (χ3n) is 1.92. The van der Waals surface area contributed by atoms with E-state index in [2.05, 4.69) is 4.74 Å². The minimum atomic E-state index is -1.000. The number of ether oxygens (including phenoxy) is 2. The highest BCUT2D eigenvalue weighted by Crippen LogP contribution is 2.11. The van der Waals surface area contributed by atoms with Crippen LogP contribution >= 0.6 is 0 Å². The number of carbonyl (C=O) groups excluding carboxylic acids is 3. The first-order valence-corrected chi connectivity index (χ1v) is 4.93. The fourth-order valence-corrected chi connectivity index (χ4v) is 1.12. The van der Waals surface area contributed by atoms with Gasteiger partial charge in [-0.15, -0.1) is 0 Å². The van der Waals surface area contributed by atoms with Crippen LogP contribution in [0.25, 0.3) is 0 Å². The lowest BCUT2D eigenvalue weighted by molar-refractivity contribution is -0.123. The molecule has 1 rings (SSSR count). The topological polar surface area (TPSA) is 108 Å². The molecular weight excluding hydrogens is 240 g/mol. The molecule has 0 aliphatic carbocycles. The lowest BCUT2D eigenvalue weighted by atomic mass is 10.2. The summed E-state index contributed by atoms with van der Waals surface area (Å²) < 4.78 is 9.59. The fourth-order valence-electron chi connectivity index (χ4n) is 1.12. The summed E-state index contributed by atoms with van der Waals surface area (Å²) in [7, 11) is 1.50. The predicted molar refractivity (Wildman–Crippen MR) is 61.0 cm³/mol. The summed E-state index contributed by atoms with van der Waals surface area (Å²) in [4.78, 5) is 32.8. The zero-order valence-electron chi connectivity index (χ0n) is 9.64. The number of primary amides is 1. The number of imide groups is 1. The molecular formula is C11H12N2O5. The second kappa shape index (κ2) is 6.24. The van der Waals surface area contributed by atoms with Crippen LogP contribution in [0.5, 0.6) is 5.75 Å². The lowest BCUT2D eigenvalue weighted by Crippen LogP contribution is -2.37. The quantitative estimate of drug-likeness (QED) is 0.736. The summed E-state index contributed by atoms with van der Waals surface area (Å²) in [6.07, 6.45) is 0. The number of rotatable bonds is 4. The van der Waals surface area contributed by atoms with Gasteiger partial charge in [0.05, 0.1) is 12.7 Å². The molecule has 3 N–H and O–H groups in total. The van der Waals surface area contributed by atoms with Crippen LogP contribution in [0.2, 0.25) is 0 Å². The van der Waals surface area contributed by atoms with E-state index in [0.29, 0.717) is 5.75 Å². The number of amides is 3. The van der Waals surface area contributed by atoms with Crippen LogP contribution in [0.3, 0.4) is 0 Å². The molecule has 0 fully saturated rings. The van der Waals surface area contributed by atoms with Crippen molar-refractivity contribution in [2.24, 2.45) is 5.73 Å². The van der Waals surface area contributed by atoms with Crippen LogP contribution in [0.4, 0.5) is 4.79 Å². The Morgan fingerprint density at radius 1 is 1.22 bits per heavy atom. The Bertz CT molecular complexity index is 455. The summed E-state index contributed by atoms with van der Waals surface area (Å²) in [5, 5.41) is 1.77. The number of methoxy groups -OCH3 is 1. The van der Waals surface area contributed by atoms with Crippen molar-refractivity contribution in [3.63, 3.8) is 0 Å². The number of carbonyl (C=O) groups is 3. The molecule has 0 heterocycles. The Balaban J connectivity index is 2.49. The number of nitrogens with two attached hydrogens (primary N) is 1. The predicted octanol–water partition coefficient (Wildman–Crippen LogP) is 0.0469. The van der Waals surface area contributed by atoms with Crippen molar-refractivity contribution in [2.75, 3.05) is 13.7 Å². The molecule has 0 aliphatic heterocycles. The summed E-state index contributed by atoms with van der Waals surface area (Å²) >= 11 is 0. The van der Waals surface area contributed by atoms with Crippen LogP contribution in [-0.2, 0) is 9.53 Å². The number of urea groups is 1. The largest absolute Gasteiger partial charge is 0.497 e. The van der Waals surface area contributed by atoms with Gasteiger partial charge in [-0.1, -0.05) is 0 Å². The summed E-state index contributed by atoms with van der Waals surface area (Å²) in [5.74, 6) is -0.875. The molecule has 96 valence electrons. The Kier molecular flexibility index (Phi) is 4.67. The Morgan fingerprint density at radius 2 is 1.83 bits per heavy atom. The van der Waals surface area contributed by atoms with Gasteiger partial charge in [-0.05, 0) is 24.3 Å². The molecule has 0 atom stereocenters. The van der Waals surface area contributed by atoms with E-state index in [1.165, 1.54) is 19.2 Å². The van der Waals surface area contributed by atoms with E-state index in [0.717, 1.165) is 0 Å². The van der Waals surface area contributed by atoms with E-state index in [9.17, 15) is 14.4 Å². The number of nitrogens with one attached hydrogen (secondary N) is 1. The zero-order chi connectivity index (χ0) is 13.5. The van der Waals surface area contributed by atoms with Gasteiger partial charge in [0.2, 0.25) is 0 Å². The SMILES string of the molecule is COc1ccc(C(=O)OCC(=O)NC(N)=O)cc1. The maximum absolute atomic E-state index is 11.5. The summed E-state index contributed by atoms with van der Waals surface area (Å²) in [6.45, 7) is -0.576. The van der Waals surface area contributed by atoms with Gasteiger partial charge in [0, 0.05) is 0 Å². The Morgan fingerprint density at radius 3 is 2.33 bits per heavy atom. The molecule has 0 bridgehead atoms. The molecule has 0 aliphatic rings. The van der Waals surface area contributed by atoms with Gasteiger partial charge in [-0.2, -0.15) is 0 Å². The molecule has 7 heteroatoms. The highest BCUT2D eigenvalue weighted by molar-refractivity contribution is 5.96. The lowest BCUT2D eigenvalue weighted by Gasteiger charge is -2.05. The molecule has 0 unspecified atom stereocenters. The second-order valence-corrected chi connectivity index (χ2v) is 3.22. The van der Waals surface area contributed by atoms with Crippen LogP contribution in [-0.4, -0.2) is 31.6 Å². The fraction of sp³-hybridized carbons (Fsp3) is 0.182. The number of esters is 1. The van der Waals surface area contributed by atoms with Gasteiger partial charge in [-0.25, -0.2) is 9.59 Å². The van der Waals surface area contributed by atoms with Gasteiger partial charge in [-0.3, -0.25) is 10.1 Å². The molecule has 0 spiro atoms. The van der Waals surface area contributed by atoms with Gasteiger partial charge in [0.1, 0.15) is 5.75 Å². The molecule has 18 heavy (non-hydrogen) atoms. The second-order valence-electron chi connectivity index (χ2n) is 3.22. The highest BCUT2D eigenvalue weighted by Gasteiger charge is 2.11. The maximum atomic E-state index is 11.5. The van der Waals surface area contributed by atoms with Gasteiger partial charge < -0.3 is 15.2 Å². The van der Waals surface area contributed by atoms with Gasteiger partial charge >= 0.3 is 12.0 Å². The molecule has 0 aromatic heterocycles. The highest BCUT2D eigenvalue weighted by atomic mass is 16.5. The Labute approximate surface area is 103 Å². The van der Waals surface area contributed by atoms with E-state index in [-0.39, 0.29) is 5.56 Å². The minimum absolute atomic E-state index is 0.266. The van der Waals surface area contributed by atoms with Crippen molar-refractivity contribution >= 4 is 17.9 Å². The monoisotopic (exact) mass is 252 g/mol. The molecule has 3 amide bonds. The molecule has 7 nitrogen and oxygen atoms in total. The number of hydrogen-bond donors (Lipinski definition) is 2. The normalized spacial score (nSPS) is 9.39. The zero-order valence-corrected chi connectivity index (χ0v) is 9.64. The molecule has 0 saturated heterocycles. The van der Waals surface area contributed by atoms with Crippen LogP contribution in [0.15, 0.2) is 24.3 Å². The van der Waals surface area contributed by atoms with Crippen molar-refractivity contribution in [2.45, 2.75) is 0 Å². The first-order valence-electron chi connectivity index (χ1n) is 4.93. The van der Waals surface area contributed by atoms with E-state index < -0.39 is 24.5 Å². The third-order valence-corrected chi connectivity index (χ3v) is 1.92. The van der Waals surface area contributed by atoms with E-state index in [4.69, 9.17) is 10.5 Å². The molecule has 1 aromatic rings. The molecule has 1 aromatic carbocycles. The standard InChI is InChI=1S/C11H12N2O5/c1-17-8-4-2-7(3-5-8)10(15)18-6-9(14)13-11(12)16/h2-5H,6H2,1H3,(H3,12,13,14,16). The van der Waals surface area contributed by atoms with E-state index in [1.807, 2.05) is 0 Å². The molecule has 0 saturated carbocycles. The maximum Gasteiger partial charge on any atom is 0.338 e. The van der Waals surface area contributed by atoms with Crippen LogP contribution < -0.4 is 15.8 Å². The first kappa shape index (κ1) is 13.5. The van der Waals surface area contributed by atoms with E-state index in [1.54, 1.807) is 17.4 Å². The van der Waals surface area contributed by atoms with Crippen molar-refractivity contribution in [3.8, 4) is 5.75 Å².